The summed E-state index contributed by atoms with van der Waals surface area (Å²) in [6.45, 7) is 0. The molecule has 0 aliphatic carbocycles. The molecule has 6 heteroatoms. The molecule has 0 saturated heterocycles. The van der Waals surface area contributed by atoms with Crippen molar-refractivity contribution in [2.45, 2.75) is 0 Å². The lowest BCUT2D eigenvalue weighted by molar-refractivity contribution is 1.03. The van der Waals surface area contributed by atoms with Crippen molar-refractivity contribution >= 4 is 44.5 Å². The number of hydrogen-bond acceptors (Lipinski definition) is 3. The highest BCUT2D eigenvalue weighted by Crippen LogP contribution is 2.20. The lowest BCUT2D eigenvalue weighted by atomic mass is 10.4. The zero-order valence-corrected chi connectivity index (χ0v) is 10.2. The van der Waals surface area contributed by atoms with Gasteiger partial charge < -0.3 is 5.73 Å². The Kier molecular flexibility index (Phi) is 2.66. The minimum Gasteiger partial charge on any atom is -0.388 e. The topological polar surface area (TPSA) is 43.8 Å². The molecule has 0 aromatic carbocycles. The summed E-state index contributed by atoms with van der Waals surface area (Å²) < 4.78 is 2.69. The number of halogens is 1. The Morgan fingerprint density at radius 2 is 2.43 bits per heavy atom. The zero-order valence-electron chi connectivity index (χ0n) is 6.98. The fourth-order valence-corrected chi connectivity index (χ4v) is 2.52. The van der Waals surface area contributed by atoms with Gasteiger partial charge in [0.1, 0.15) is 9.59 Å². The van der Waals surface area contributed by atoms with Crippen LogP contribution in [0, 0.1) is 0 Å². The lowest BCUT2D eigenvalue weighted by Gasteiger charge is -2.02. The SMILES string of the molecule is NC(=S)c1cccn1-c1nc(Br)cs1. The number of hydrogen-bond donors (Lipinski definition) is 1. The van der Waals surface area contributed by atoms with Crippen LogP contribution >= 0.6 is 39.5 Å². The highest BCUT2D eigenvalue weighted by molar-refractivity contribution is 9.10. The average Bonchev–Trinajstić information content (AvgIpc) is 2.70. The first kappa shape index (κ1) is 9.82. The first-order valence-electron chi connectivity index (χ1n) is 3.77. The number of aromatic nitrogens is 2. The number of rotatable bonds is 2. The lowest BCUT2D eigenvalue weighted by Crippen LogP contribution is -2.14. The van der Waals surface area contributed by atoms with Crippen molar-refractivity contribution < 1.29 is 0 Å². The van der Waals surface area contributed by atoms with Crippen molar-refractivity contribution in [2.75, 3.05) is 0 Å². The number of thiocarbonyl (C=S) groups is 1. The first-order valence-corrected chi connectivity index (χ1v) is 5.85. The maximum atomic E-state index is 5.58. The van der Waals surface area contributed by atoms with Crippen molar-refractivity contribution in [2.24, 2.45) is 5.73 Å². The molecule has 0 saturated carbocycles. The molecule has 2 N–H and O–H groups in total. The van der Waals surface area contributed by atoms with Crippen LogP contribution < -0.4 is 5.73 Å². The van der Waals surface area contributed by atoms with Crippen molar-refractivity contribution in [3.8, 4) is 5.13 Å². The van der Waals surface area contributed by atoms with Crippen LogP contribution in [-0.2, 0) is 0 Å². The molecule has 72 valence electrons. The van der Waals surface area contributed by atoms with E-state index in [9.17, 15) is 0 Å². The van der Waals surface area contributed by atoms with Crippen molar-refractivity contribution in [1.82, 2.24) is 9.55 Å². The van der Waals surface area contributed by atoms with Gasteiger partial charge in [0.25, 0.3) is 0 Å². The molecule has 0 aliphatic heterocycles. The van der Waals surface area contributed by atoms with E-state index in [1.807, 2.05) is 28.3 Å². The summed E-state index contributed by atoms with van der Waals surface area (Å²) in [6.07, 6.45) is 1.89. The third-order valence-corrected chi connectivity index (χ3v) is 3.43. The van der Waals surface area contributed by atoms with E-state index >= 15 is 0 Å². The molecule has 3 nitrogen and oxygen atoms in total. The van der Waals surface area contributed by atoms with Crippen LogP contribution in [0.4, 0.5) is 0 Å². The summed E-state index contributed by atoms with van der Waals surface area (Å²) in [7, 11) is 0. The van der Waals surface area contributed by atoms with Gasteiger partial charge in [0.05, 0.1) is 5.69 Å². The molecule has 2 rings (SSSR count). The summed E-state index contributed by atoms with van der Waals surface area (Å²) in [5, 5.41) is 2.77. The fraction of sp³-hybridized carbons (Fsp3) is 0. The Balaban J connectivity index is 2.51. The largest absolute Gasteiger partial charge is 0.388 e. The van der Waals surface area contributed by atoms with E-state index in [-0.39, 0.29) is 0 Å². The van der Waals surface area contributed by atoms with Crippen LogP contribution in [0.25, 0.3) is 5.13 Å². The molecular formula is C8H6BrN3S2. The number of nitrogens with two attached hydrogens (primary N) is 1. The normalized spacial score (nSPS) is 10.4. The van der Waals surface area contributed by atoms with Gasteiger partial charge in [-0.15, -0.1) is 11.3 Å². The molecule has 0 radical (unpaired) electrons. The highest BCUT2D eigenvalue weighted by atomic mass is 79.9. The van der Waals surface area contributed by atoms with Crippen LogP contribution in [0.1, 0.15) is 5.69 Å². The minimum absolute atomic E-state index is 0.376. The zero-order chi connectivity index (χ0) is 10.1. The van der Waals surface area contributed by atoms with E-state index < -0.39 is 0 Å². The third kappa shape index (κ3) is 1.73. The quantitative estimate of drug-likeness (QED) is 0.863. The molecule has 0 spiro atoms. The average molecular weight is 288 g/mol. The molecule has 2 aromatic rings. The second-order valence-corrected chi connectivity index (χ2v) is 4.67. The second kappa shape index (κ2) is 3.80. The maximum Gasteiger partial charge on any atom is 0.195 e. The van der Waals surface area contributed by atoms with Crippen LogP contribution in [-0.4, -0.2) is 14.5 Å². The summed E-state index contributed by atoms with van der Waals surface area (Å²) in [4.78, 5) is 4.66. The second-order valence-electron chi connectivity index (χ2n) is 2.58. The van der Waals surface area contributed by atoms with E-state index in [0.717, 1.165) is 15.4 Å². The van der Waals surface area contributed by atoms with Gasteiger partial charge in [0.15, 0.2) is 5.13 Å². The van der Waals surface area contributed by atoms with Gasteiger partial charge in [-0.1, -0.05) is 12.2 Å². The summed E-state index contributed by atoms with van der Waals surface area (Å²) >= 11 is 9.76. The van der Waals surface area contributed by atoms with Crippen molar-refractivity contribution in [3.05, 3.63) is 34.0 Å². The molecule has 0 fully saturated rings. The minimum atomic E-state index is 0.376. The third-order valence-electron chi connectivity index (χ3n) is 1.67. The van der Waals surface area contributed by atoms with E-state index in [0.29, 0.717) is 4.99 Å². The highest BCUT2D eigenvalue weighted by Gasteiger charge is 2.08. The van der Waals surface area contributed by atoms with Gasteiger partial charge in [-0.2, -0.15) is 0 Å². The van der Waals surface area contributed by atoms with Gasteiger partial charge in [-0.25, -0.2) is 4.98 Å². The summed E-state index contributed by atoms with van der Waals surface area (Å²) in [5.41, 5.74) is 6.39. The van der Waals surface area contributed by atoms with E-state index in [1.54, 1.807) is 0 Å². The molecule has 0 amide bonds. The fourth-order valence-electron chi connectivity index (χ4n) is 1.10. The molecule has 14 heavy (non-hydrogen) atoms. The monoisotopic (exact) mass is 287 g/mol. The Bertz CT molecular complexity index is 474. The Labute approximate surface area is 98.7 Å². The first-order chi connectivity index (χ1) is 6.68. The van der Waals surface area contributed by atoms with Gasteiger partial charge in [-0.3, -0.25) is 4.57 Å². The standard InChI is InChI=1S/C8H6BrN3S2/c9-6-4-14-8(11-6)12-3-1-2-5(12)7(10)13/h1-4H,(H2,10,13). The summed E-state index contributed by atoms with van der Waals surface area (Å²) in [6, 6.07) is 3.77. The van der Waals surface area contributed by atoms with Crippen molar-refractivity contribution in [3.63, 3.8) is 0 Å². The van der Waals surface area contributed by atoms with Crippen LogP contribution in [0.15, 0.2) is 28.3 Å². The van der Waals surface area contributed by atoms with Crippen LogP contribution in [0.3, 0.4) is 0 Å². The van der Waals surface area contributed by atoms with Gasteiger partial charge in [-0.05, 0) is 28.1 Å². The number of thiazole rings is 1. The van der Waals surface area contributed by atoms with E-state index in [1.165, 1.54) is 11.3 Å². The maximum absolute atomic E-state index is 5.58. The number of nitrogens with zero attached hydrogens (tertiary/aromatic N) is 2. The molecule has 0 atom stereocenters. The van der Waals surface area contributed by atoms with E-state index in [2.05, 4.69) is 20.9 Å². The molecule has 0 bridgehead atoms. The Morgan fingerprint density at radius 3 is 3.00 bits per heavy atom. The molecule has 0 aliphatic rings. The van der Waals surface area contributed by atoms with Gasteiger partial charge in [0, 0.05) is 11.6 Å². The molecule has 2 heterocycles. The molecular weight excluding hydrogens is 282 g/mol. The van der Waals surface area contributed by atoms with Crippen LogP contribution in [0.5, 0.6) is 0 Å². The molecule has 0 unspecified atom stereocenters. The van der Waals surface area contributed by atoms with Crippen LogP contribution in [0.2, 0.25) is 0 Å². The Hall–Kier alpha value is -0.720. The predicted octanol–water partition coefficient (Wildman–Crippen LogP) is 2.33. The smallest absolute Gasteiger partial charge is 0.195 e. The van der Waals surface area contributed by atoms with Gasteiger partial charge >= 0.3 is 0 Å². The molecule has 2 aromatic heterocycles. The summed E-state index contributed by atoms with van der Waals surface area (Å²) in [5.74, 6) is 0. The predicted molar refractivity (Wildman–Crippen MR) is 65.0 cm³/mol. The van der Waals surface area contributed by atoms with Gasteiger partial charge in [0.2, 0.25) is 0 Å². The Morgan fingerprint density at radius 1 is 1.64 bits per heavy atom. The van der Waals surface area contributed by atoms with Crippen molar-refractivity contribution in [1.29, 1.82) is 0 Å². The van der Waals surface area contributed by atoms with E-state index in [4.69, 9.17) is 18.0 Å².